The van der Waals surface area contributed by atoms with Gasteiger partial charge in [0.2, 0.25) is 17.7 Å². The summed E-state index contributed by atoms with van der Waals surface area (Å²) < 4.78 is 10.3. The number of para-hydroxylation sites is 1. The molecule has 2 aliphatic heterocycles. The van der Waals surface area contributed by atoms with Crippen molar-refractivity contribution in [2.24, 2.45) is 4.99 Å². The second-order valence-corrected chi connectivity index (χ2v) is 13.3. The van der Waals surface area contributed by atoms with Crippen molar-refractivity contribution < 1.29 is 33.4 Å². The van der Waals surface area contributed by atoms with E-state index in [1.807, 2.05) is 53.6 Å². The summed E-state index contributed by atoms with van der Waals surface area (Å²) in [6.07, 6.45) is 5.05. The molecule has 5 rings (SSSR count). The number of benzene rings is 3. The summed E-state index contributed by atoms with van der Waals surface area (Å²) in [4.78, 5) is 69.6. The Kier molecular flexibility index (Phi) is 12.7. The molecule has 2 heterocycles. The Morgan fingerprint density at radius 1 is 0.923 bits per heavy atom. The molecule has 0 unspecified atom stereocenters. The van der Waals surface area contributed by atoms with E-state index < -0.39 is 23.9 Å². The number of hydrogen-bond acceptors (Lipinski definition) is 8. The number of nitrogens with one attached hydrogen (secondary N) is 3. The summed E-state index contributed by atoms with van der Waals surface area (Å²) in [5, 5.41) is 8.13. The molecule has 2 aliphatic rings. The Hall–Kier alpha value is -5.23. The van der Waals surface area contributed by atoms with Crippen molar-refractivity contribution in [1.82, 2.24) is 10.6 Å². The van der Waals surface area contributed by atoms with E-state index in [0.29, 0.717) is 54.8 Å². The number of aliphatic imine (C=N–C) groups is 1. The molecule has 0 spiro atoms. The number of halogens is 1. The number of aryl methyl sites for hydroxylation is 2. The molecule has 0 aromatic heterocycles. The van der Waals surface area contributed by atoms with Crippen LogP contribution in [0, 0.1) is 0 Å². The molecular formula is C39H44ClN5O7. The second-order valence-electron chi connectivity index (χ2n) is 13.0. The molecule has 12 nitrogen and oxygen atoms in total. The number of nitrogens with zero attached hydrogens (tertiary/aromatic N) is 2. The Morgan fingerprint density at radius 2 is 1.65 bits per heavy atom. The lowest BCUT2D eigenvalue weighted by atomic mass is 9.99. The van der Waals surface area contributed by atoms with Gasteiger partial charge in [-0.25, -0.2) is 0 Å². The number of esters is 1. The summed E-state index contributed by atoms with van der Waals surface area (Å²) in [7, 11) is 2.89. The number of ether oxygens (including phenoxy) is 2. The van der Waals surface area contributed by atoms with E-state index in [-0.39, 0.29) is 42.5 Å². The SMILES string of the molecule is COC(=O)CCCCC(=O)N[C@@H](C)C(=O)N[C@@H](C)C(=O)Nc1cc(CCl)cc(CCc2cc3c(cc2OC)C(=O)N2c4ccccc4C[C@H]2C=N3)c1. The van der Waals surface area contributed by atoms with Gasteiger partial charge in [0, 0.05) is 42.7 Å². The third-order valence-electron chi connectivity index (χ3n) is 9.19. The minimum absolute atomic E-state index is 0.115. The van der Waals surface area contributed by atoms with Crippen LogP contribution in [0.4, 0.5) is 17.1 Å². The third-order valence-corrected chi connectivity index (χ3v) is 9.50. The first-order valence-electron chi connectivity index (χ1n) is 17.3. The van der Waals surface area contributed by atoms with Crippen molar-refractivity contribution in [3.8, 4) is 5.75 Å². The van der Waals surface area contributed by atoms with Crippen LogP contribution in [0.1, 0.15) is 72.1 Å². The van der Waals surface area contributed by atoms with E-state index in [4.69, 9.17) is 21.3 Å². The van der Waals surface area contributed by atoms with E-state index in [1.165, 1.54) is 14.0 Å². The fourth-order valence-electron chi connectivity index (χ4n) is 6.39. The van der Waals surface area contributed by atoms with Crippen LogP contribution in [-0.4, -0.2) is 68.2 Å². The quantitative estimate of drug-likeness (QED) is 0.111. The van der Waals surface area contributed by atoms with E-state index in [0.717, 1.165) is 27.9 Å². The Balaban J connectivity index is 1.19. The molecule has 0 saturated carbocycles. The number of anilines is 2. The van der Waals surface area contributed by atoms with Crippen LogP contribution in [0.2, 0.25) is 0 Å². The zero-order valence-electron chi connectivity index (χ0n) is 29.8. The van der Waals surface area contributed by atoms with Crippen molar-refractivity contribution in [2.75, 3.05) is 24.4 Å². The summed E-state index contributed by atoms with van der Waals surface area (Å²) in [5.74, 6) is -0.915. The van der Waals surface area contributed by atoms with E-state index in [2.05, 4.69) is 20.7 Å². The number of methoxy groups -OCH3 is 2. The van der Waals surface area contributed by atoms with Crippen LogP contribution in [0.3, 0.4) is 0 Å². The third kappa shape index (κ3) is 9.16. The molecule has 3 aromatic rings. The van der Waals surface area contributed by atoms with Crippen LogP contribution in [0.25, 0.3) is 0 Å². The van der Waals surface area contributed by atoms with Crippen LogP contribution in [0.5, 0.6) is 5.75 Å². The maximum atomic E-state index is 13.8. The van der Waals surface area contributed by atoms with Gasteiger partial charge in [0.25, 0.3) is 5.91 Å². The number of rotatable bonds is 15. The Morgan fingerprint density at radius 3 is 2.40 bits per heavy atom. The number of hydrogen-bond donors (Lipinski definition) is 3. The average Bonchev–Trinajstić information content (AvgIpc) is 3.46. The Bertz CT molecular complexity index is 1880. The topological polar surface area (TPSA) is 156 Å². The highest BCUT2D eigenvalue weighted by molar-refractivity contribution is 6.17. The maximum absolute atomic E-state index is 13.8. The summed E-state index contributed by atoms with van der Waals surface area (Å²) in [6.45, 7) is 3.09. The fraction of sp³-hybridized carbons (Fsp3) is 0.385. The zero-order chi connectivity index (χ0) is 37.4. The number of alkyl halides is 1. The van der Waals surface area contributed by atoms with E-state index in [1.54, 1.807) is 26.2 Å². The molecule has 0 saturated heterocycles. The van der Waals surface area contributed by atoms with Crippen molar-refractivity contribution in [2.45, 2.75) is 82.8 Å². The van der Waals surface area contributed by atoms with Gasteiger partial charge in [-0.2, -0.15) is 0 Å². The predicted octanol–water partition coefficient (Wildman–Crippen LogP) is 5.19. The first kappa shape index (κ1) is 38.0. The summed E-state index contributed by atoms with van der Waals surface area (Å²) >= 11 is 6.22. The number of carbonyl (C=O) groups excluding carboxylic acids is 5. The number of carbonyl (C=O) groups is 5. The highest BCUT2D eigenvalue weighted by atomic mass is 35.5. The van der Waals surface area contributed by atoms with E-state index in [9.17, 15) is 24.0 Å². The summed E-state index contributed by atoms with van der Waals surface area (Å²) in [5.41, 5.74) is 6.23. The van der Waals surface area contributed by atoms with Crippen molar-refractivity contribution in [3.05, 3.63) is 82.4 Å². The van der Waals surface area contributed by atoms with Crippen molar-refractivity contribution >= 4 is 64.5 Å². The average molecular weight is 730 g/mol. The number of amides is 4. The number of fused-ring (bicyclic) bond motifs is 4. The van der Waals surface area contributed by atoms with Gasteiger partial charge in [0.15, 0.2) is 0 Å². The van der Waals surface area contributed by atoms with E-state index >= 15 is 0 Å². The molecule has 52 heavy (non-hydrogen) atoms. The molecule has 0 fully saturated rings. The van der Waals surface area contributed by atoms with Gasteiger partial charge >= 0.3 is 5.97 Å². The molecule has 3 atom stereocenters. The molecule has 3 aromatic carbocycles. The van der Waals surface area contributed by atoms with Crippen LogP contribution in [-0.2, 0) is 49.1 Å². The van der Waals surface area contributed by atoms with Crippen LogP contribution < -0.4 is 25.6 Å². The molecule has 0 radical (unpaired) electrons. The molecule has 13 heteroatoms. The molecule has 274 valence electrons. The lowest BCUT2D eigenvalue weighted by Gasteiger charge is -2.22. The molecule has 0 bridgehead atoms. The fourth-order valence-corrected chi connectivity index (χ4v) is 6.54. The van der Waals surface area contributed by atoms with Gasteiger partial charge in [0.05, 0.1) is 31.5 Å². The van der Waals surface area contributed by atoms with Crippen LogP contribution in [0.15, 0.2) is 59.6 Å². The van der Waals surface area contributed by atoms with Crippen molar-refractivity contribution in [3.63, 3.8) is 0 Å². The molecule has 4 amide bonds. The minimum Gasteiger partial charge on any atom is -0.496 e. The monoisotopic (exact) mass is 729 g/mol. The first-order chi connectivity index (χ1) is 25.0. The van der Waals surface area contributed by atoms with Gasteiger partial charge in [-0.1, -0.05) is 24.3 Å². The van der Waals surface area contributed by atoms with Crippen LogP contribution >= 0.6 is 11.6 Å². The second kappa shape index (κ2) is 17.3. The smallest absolute Gasteiger partial charge is 0.305 e. The number of unbranched alkanes of at least 4 members (excludes halogenated alkanes) is 1. The lowest BCUT2D eigenvalue weighted by molar-refractivity contribution is -0.140. The highest BCUT2D eigenvalue weighted by Crippen LogP contribution is 2.39. The molecule has 3 N–H and O–H groups in total. The van der Waals surface area contributed by atoms with Gasteiger partial charge in [-0.15, -0.1) is 11.6 Å². The normalized spacial score (nSPS) is 15.4. The Labute approximate surface area is 308 Å². The standard InChI is InChI=1S/C39H44ClN5O7/c1-23(42-35(46)11-7-8-12-36(47)52-4)37(48)43-24(2)38(49)44-29-16-25(15-26(17-29)21-40)13-14-28-19-32-31(20-34(28)51-3)39(50)45-30(22-41-32)18-27-9-5-6-10-33(27)45/h5-6,9-10,15-17,19-20,22-24,30H,7-8,11-14,18,21H2,1-4H3,(H,42,46)(H,43,48)(H,44,49)/t23-,24-,30-/m0/s1. The zero-order valence-corrected chi connectivity index (χ0v) is 30.5. The minimum atomic E-state index is -0.897. The van der Waals surface area contributed by atoms with Gasteiger partial charge in [-0.3, -0.25) is 33.9 Å². The van der Waals surface area contributed by atoms with Gasteiger partial charge in [0.1, 0.15) is 17.8 Å². The predicted molar refractivity (Wildman–Crippen MR) is 200 cm³/mol. The maximum Gasteiger partial charge on any atom is 0.305 e. The largest absolute Gasteiger partial charge is 0.496 e. The first-order valence-corrected chi connectivity index (χ1v) is 17.9. The molecular weight excluding hydrogens is 686 g/mol. The van der Waals surface area contributed by atoms with Gasteiger partial charge in [-0.05, 0) is 92.1 Å². The van der Waals surface area contributed by atoms with Crippen molar-refractivity contribution in [1.29, 1.82) is 0 Å². The molecule has 0 aliphatic carbocycles. The lowest BCUT2D eigenvalue weighted by Crippen LogP contribution is -2.50. The van der Waals surface area contributed by atoms with Gasteiger partial charge < -0.3 is 25.4 Å². The summed E-state index contributed by atoms with van der Waals surface area (Å²) in [6, 6.07) is 15.3. The highest BCUT2D eigenvalue weighted by Gasteiger charge is 2.36.